The van der Waals surface area contributed by atoms with Gasteiger partial charge in [-0.2, -0.15) is 5.10 Å². The lowest BCUT2D eigenvalue weighted by molar-refractivity contribution is -0.00697. The van der Waals surface area contributed by atoms with Gasteiger partial charge < -0.3 is 15.2 Å². The minimum atomic E-state index is -0.173. The third kappa shape index (κ3) is 3.49. The van der Waals surface area contributed by atoms with Crippen molar-refractivity contribution in [3.8, 4) is 0 Å². The molecule has 0 aliphatic carbocycles. The van der Waals surface area contributed by atoms with Crippen molar-refractivity contribution >= 4 is 5.91 Å². The number of hydrogen-bond acceptors (Lipinski definition) is 4. The quantitative estimate of drug-likeness (QED) is 0.782. The summed E-state index contributed by atoms with van der Waals surface area (Å²) >= 11 is 0. The lowest BCUT2D eigenvalue weighted by atomic mass is 9.99. The highest BCUT2D eigenvalue weighted by atomic mass is 16.5. The summed E-state index contributed by atoms with van der Waals surface area (Å²) in [6, 6.07) is 7.86. The molecule has 0 spiro atoms. The summed E-state index contributed by atoms with van der Waals surface area (Å²) in [6.07, 6.45) is 1.34. The number of ether oxygens (including phenoxy) is 1. The second kappa shape index (κ2) is 7.15. The highest BCUT2D eigenvalue weighted by Gasteiger charge is 2.29. The van der Waals surface area contributed by atoms with Crippen LogP contribution in [0.15, 0.2) is 24.3 Å². The number of carbonyl (C=O) groups is 1. The van der Waals surface area contributed by atoms with E-state index in [2.05, 4.69) is 15.5 Å². The number of amides is 1. The van der Waals surface area contributed by atoms with E-state index in [4.69, 9.17) is 9.84 Å². The second-order valence-corrected chi connectivity index (χ2v) is 6.23. The molecule has 1 aliphatic heterocycles. The largest absolute Gasteiger partial charge is 0.396 e. The van der Waals surface area contributed by atoms with Crippen molar-refractivity contribution in [2.24, 2.45) is 0 Å². The van der Waals surface area contributed by atoms with Gasteiger partial charge >= 0.3 is 0 Å². The van der Waals surface area contributed by atoms with Crippen LogP contribution >= 0.6 is 0 Å². The van der Waals surface area contributed by atoms with Crippen molar-refractivity contribution in [3.05, 3.63) is 52.3 Å². The van der Waals surface area contributed by atoms with E-state index in [0.717, 1.165) is 22.4 Å². The fourth-order valence-electron chi connectivity index (χ4n) is 3.08. The van der Waals surface area contributed by atoms with Gasteiger partial charge in [0.25, 0.3) is 5.91 Å². The number of hydrogen-bond donors (Lipinski definition) is 3. The van der Waals surface area contributed by atoms with Crippen LogP contribution in [-0.2, 0) is 24.1 Å². The zero-order valence-corrected chi connectivity index (χ0v) is 14.0. The molecule has 0 saturated heterocycles. The van der Waals surface area contributed by atoms with Gasteiger partial charge in [0.15, 0.2) is 5.69 Å². The van der Waals surface area contributed by atoms with E-state index in [9.17, 15) is 4.79 Å². The van der Waals surface area contributed by atoms with E-state index in [0.29, 0.717) is 25.1 Å². The lowest BCUT2D eigenvalue weighted by Gasteiger charge is -2.25. The van der Waals surface area contributed by atoms with E-state index in [1.54, 1.807) is 0 Å². The number of H-pyrrole nitrogens is 1. The Balaban J connectivity index is 1.65. The van der Waals surface area contributed by atoms with Crippen LogP contribution in [0.2, 0.25) is 0 Å². The first-order valence-corrected chi connectivity index (χ1v) is 8.28. The number of aromatic amines is 1. The molecular formula is C18H23N3O3. The first-order chi connectivity index (χ1) is 11.6. The molecule has 6 nitrogen and oxygen atoms in total. The Morgan fingerprint density at radius 1 is 1.33 bits per heavy atom. The van der Waals surface area contributed by atoms with Crippen molar-refractivity contribution in [1.82, 2.24) is 15.5 Å². The van der Waals surface area contributed by atoms with Crippen LogP contribution in [-0.4, -0.2) is 33.9 Å². The van der Waals surface area contributed by atoms with E-state index < -0.39 is 0 Å². The van der Waals surface area contributed by atoms with E-state index >= 15 is 0 Å². The molecule has 1 aliphatic rings. The summed E-state index contributed by atoms with van der Waals surface area (Å²) < 4.78 is 5.75. The highest BCUT2D eigenvalue weighted by molar-refractivity contribution is 5.94. The van der Waals surface area contributed by atoms with Crippen LogP contribution in [0.25, 0.3) is 0 Å². The van der Waals surface area contributed by atoms with Crippen LogP contribution in [0.4, 0.5) is 0 Å². The summed E-state index contributed by atoms with van der Waals surface area (Å²) in [7, 11) is 0. The van der Waals surface area contributed by atoms with Gasteiger partial charge in [-0.15, -0.1) is 0 Å². The van der Waals surface area contributed by atoms with Gasteiger partial charge in [-0.1, -0.05) is 24.3 Å². The SMILES string of the molecule is C[C@@H]1Cc2c(C(=O)NCc3ccc(CCO)cc3)n[nH]c2[C@H](C)O1. The van der Waals surface area contributed by atoms with E-state index in [1.165, 1.54) is 0 Å². The summed E-state index contributed by atoms with van der Waals surface area (Å²) in [5, 5.41) is 19.0. The molecule has 2 aromatic rings. The fourth-order valence-corrected chi connectivity index (χ4v) is 3.08. The molecule has 0 unspecified atom stereocenters. The Morgan fingerprint density at radius 2 is 2.04 bits per heavy atom. The maximum absolute atomic E-state index is 12.5. The Morgan fingerprint density at radius 3 is 2.75 bits per heavy atom. The Kier molecular flexibility index (Phi) is 4.97. The average molecular weight is 329 g/mol. The molecule has 128 valence electrons. The molecule has 1 aromatic heterocycles. The maximum atomic E-state index is 12.5. The minimum Gasteiger partial charge on any atom is -0.396 e. The molecule has 0 radical (unpaired) electrons. The number of aromatic nitrogens is 2. The second-order valence-electron chi connectivity index (χ2n) is 6.23. The molecule has 3 rings (SSSR count). The van der Waals surface area contributed by atoms with Crippen molar-refractivity contribution in [2.75, 3.05) is 6.61 Å². The summed E-state index contributed by atoms with van der Waals surface area (Å²) in [5.41, 5.74) is 4.41. The predicted molar refractivity (Wildman–Crippen MR) is 89.7 cm³/mol. The molecule has 1 amide bonds. The molecule has 6 heteroatoms. The number of rotatable bonds is 5. The smallest absolute Gasteiger partial charge is 0.272 e. The number of carbonyl (C=O) groups excluding carboxylic acids is 1. The number of fused-ring (bicyclic) bond motifs is 1. The zero-order chi connectivity index (χ0) is 17.1. The predicted octanol–water partition coefficient (Wildman–Crippen LogP) is 1.90. The molecule has 1 aromatic carbocycles. The molecule has 0 saturated carbocycles. The van der Waals surface area contributed by atoms with Gasteiger partial charge in [-0.05, 0) is 31.4 Å². The zero-order valence-electron chi connectivity index (χ0n) is 14.0. The topological polar surface area (TPSA) is 87.2 Å². The van der Waals surface area contributed by atoms with Crippen LogP contribution in [0.3, 0.4) is 0 Å². The van der Waals surface area contributed by atoms with Crippen molar-refractivity contribution in [3.63, 3.8) is 0 Å². The summed E-state index contributed by atoms with van der Waals surface area (Å²) in [6.45, 7) is 4.55. The molecule has 0 bridgehead atoms. The number of nitrogens with zero attached hydrogens (tertiary/aromatic N) is 1. The van der Waals surface area contributed by atoms with Gasteiger partial charge in [0, 0.05) is 25.1 Å². The van der Waals surface area contributed by atoms with Gasteiger partial charge in [-0.25, -0.2) is 0 Å². The van der Waals surface area contributed by atoms with E-state index in [-0.39, 0.29) is 24.7 Å². The normalized spacial score (nSPS) is 19.8. The summed E-state index contributed by atoms with van der Waals surface area (Å²) in [4.78, 5) is 12.5. The van der Waals surface area contributed by atoms with Crippen molar-refractivity contribution < 1.29 is 14.6 Å². The molecule has 3 N–H and O–H groups in total. The van der Waals surface area contributed by atoms with Crippen LogP contribution < -0.4 is 5.32 Å². The highest BCUT2D eigenvalue weighted by Crippen LogP contribution is 2.30. The monoisotopic (exact) mass is 329 g/mol. The standard InChI is InChI=1S/C18H23N3O3/c1-11-9-15-16(12(2)24-11)20-21-17(15)18(23)19-10-14-5-3-13(4-6-14)7-8-22/h3-6,11-12,22H,7-10H2,1-2H3,(H,19,23)(H,20,21)/t11-,12+/m1/s1. The van der Waals surface area contributed by atoms with Crippen LogP contribution in [0.1, 0.15) is 52.8 Å². The molecule has 2 atom stereocenters. The Hall–Kier alpha value is -2.18. The lowest BCUT2D eigenvalue weighted by Crippen LogP contribution is -2.27. The third-order valence-electron chi connectivity index (χ3n) is 4.33. The van der Waals surface area contributed by atoms with Crippen molar-refractivity contribution in [1.29, 1.82) is 0 Å². The number of aliphatic hydroxyl groups excluding tert-OH is 1. The first kappa shape index (κ1) is 16.7. The third-order valence-corrected chi connectivity index (χ3v) is 4.33. The van der Waals surface area contributed by atoms with E-state index in [1.807, 2.05) is 38.1 Å². The number of benzene rings is 1. The number of aliphatic hydroxyl groups is 1. The Labute approximate surface area is 141 Å². The van der Waals surface area contributed by atoms with Gasteiger partial charge in [0.2, 0.25) is 0 Å². The molecule has 2 heterocycles. The van der Waals surface area contributed by atoms with Gasteiger partial charge in [0.05, 0.1) is 17.9 Å². The van der Waals surface area contributed by atoms with Gasteiger partial charge in [0.1, 0.15) is 0 Å². The average Bonchev–Trinajstić information content (AvgIpc) is 2.98. The Bertz CT molecular complexity index is 709. The molecular weight excluding hydrogens is 306 g/mol. The molecule has 24 heavy (non-hydrogen) atoms. The number of nitrogens with one attached hydrogen (secondary N) is 2. The summed E-state index contributed by atoms with van der Waals surface area (Å²) in [5.74, 6) is -0.173. The fraction of sp³-hybridized carbons (Fsp3) is 0.444. The first-order valence-electron chi connectivity index (χ1n) is 8.28. The van der Waals surface area contributed by atoms with Gasteiger partial charge in [-0.3, -0.25) is 9.89 Å². The maximum Gasteiger partial charge on any atom is 0.272 e. The molecule has 0 fully saturated rings. The van der Waals surface area contributed by atoms with Crippen LogP contribution in [0, 0.1) is 0 Å². The van der Waals surface area contributed by atoms with Crippen molar-refractivity contribution in [2.45, 2.75) is 45.4 Å². The minimum absolute atomic E-state index is 0.0723. The van der Waals surface area contributed by atoms with Crippen LogP contribution in [0.5, 0.6) is 0 Å².